The number of aryl methyl sites for hydroxylation is 1. The third-order valence-electron chi connectivity index (χ3n) is 5.26. The van der Waals surface area contributed by atoms with Crippen LogP contribution in [0.4, 0.5) is 5.13 Å². The first-order valence-electron chi connectivity index (χ1n) is 9.73. The van der Waals surface area contributed by atoms with E-state index in [-0.39, 0.29) is 5.91 Å². The van der Waals surface area contributed by atoms with Gasteiger partial charge in [-0.1, -0.05) is 35.1 Å². The minimum atomic E-state index is -0.352. The summed E-state index contributed by atoms with van der Waals surface area (Å²) in [5.74, 6) is 0.875. The molecule has 0 aliphatic heterocycles. The number of anilines is 1. The Morgan fingerprint density at radius 2 is 1.91 bits per heavy atom. The molecule has 162 valence electrons. The molecule has 2 aromatic carbocycles. The average molecular weight is 468 g/mol. The topological polar surface area (TPSA) is 91.2 Å². The minimum Gasteiger partial charge on any atom is -0.493 e. The van der Waals surface area contributed by atoms with Gasteiger partial charge in [0.15, 0.2) is 17.2 Å². The van der Waals surface area contributed by atoms with Crippen LogP contribution >= 0.6 is 22.9 Å². The van der Waals surface area contributed by atoms with E-state index in [9.17, 15) is 4.79 Å². The van der Waals surface area contributed by atoms with Gasteiger partial charge in [-0.15, -0.1) is 10.2 Å². The molecule has 0 saturated heterocycles. The zero-order valence-electron chi connectivity index (χ0n) is 17.5. The van der Waals surface area contributed by atoms with E-state index in [0.717, 1.165) is 27.4 Å². The number of aromatic nitrogens is 4. The van der Waals surface area contributed by atoms with Crippen LogP contribution in [0.1, 0.15) is 26.6 Å². The average Bonchev–Trinajstić information content (AvgIpc) is 3.46. The number of para-hydroxylation sites is 1. The smallest absolute Gasteiger partial charge is 0.278 e. The molecule has 0 fully saturated rings. The third-order valence-corrected chi connectivity index (χ3v) is 6.33. The maximum atomic E-state index is 13.2. The number of carbonyl (C=O) groups excluding carboxylic acids is 1. The number of ether oxygens (including phenoxy) is 2. The summed E-state index contributed by atoms with van der Waals surface area (Å²) in [5.41, 5.74) is 4.51. The van der Waals surface area contributed by atoms with Crippen molar-refractivity contribution >= 4 is 34.0 Å². The maximum absolute atomic E-state index is 13.2. The number of benzene rings is 2. The van der Waals surface area contributed by atoms with Gasteiger partial charge in [0.1, 0.15) is 5.01 Å². The van der Waals surface area contributed by atoms with E-state index in [1.165, 1.54) is 11.3 Å². The molecule has 5 rings (SSSR count). The lowest BCUT2D eigenvalue weighted by molar-refractivity contribution is 0.102. The van der Waals surface area contributed by atoms with Crippen LogP contribution in [0.25, 0.3) is 16.9 Å². The number of halogens is 1. The molecule has 1 N–H and O–H groups in total. The van der Waals surface area contributed by atoms with Crippen LogP contribution < -0.4 is 14.8 Å². The van der Waals surface area contributed by atoms with E-state index < -0.39 is 0 Å². The second-order valence-electron chi connectivity index (χ2n) is 7.16. The molecule has 32 heavy (non-hydrogen) atoms. The Morgan fingerprint density at radius 1 is 1.16 bits per heavy atom. The van der Waals surface area contributed by atoms with Crippen molar-refractivity contribution in [2.24, 2.45) is 0 Å². The summed E-state index contributed by atoms with van der Waals surface area (Å²) in [6, 6.07) is 11.2. The zero-order chi connectivity index (χ0) is 22.4. The highest BCUT2D eigenvalue weighted by Gasteiger charge is 2.33. The van der Waals surface area contributed by atoms with Gasteiger partial charge in [0.05, 0.1) is 30.6 Å². The molecule has 0 atom stereocenters. The lowest BCUT2D eigenvalue weighted by Gasteiger charge is -2.13. The number of fused-ring (bicyclic) bond motifs is 3. The Bertz CT molecular complexity index is 1360. The number of nitrogens with zero attached hydrogens (tertiary/aromatic N) is 4. The van der Waals surface area contributed by atoms with Crippen LogP contribution in [0.5, 0.6) is 11.5 Å². The van der Waals surface area contributed by atoms with E-state index in [0.29, 0.717) is 39.5 Å². The van der Waals surface area contributed by atoms with Gasteiger partial charge in [-0.3, -0.25) is 10.1 Å². The lowest BCUT2D eigenvalue weighted by atomic mass is 10.1. The summed E-state index contributed by atoms with van der Waals surface area (Å²) >= 11 is 7.80. The largest absolute Gasteiger partial charge is 0.493 e. The number of hydrogen-bond donors (Lipinski definition) is 1. The van der Waals surface area contributed by atoms with Gasteiger partial charge in [0.2, 0.25) is 5.13 Å². The Morgan fingerprint density at radius 3 is 2.59 bits per heavy atom. The summed E-state index contributed by atoms with van der Waals surface area (Å²) in [4.78, 5) is 13.2. The van der Waals surface area contributed by atoms with Crippen LogP contribution in [0.2, 0.25) is 5.02 Å². The molecular weight excluding hydrogens is 450 g/mol. The van der Waals surface area contributed by atoms with E-state index in [2.05, 4.69) is 20.6 Å². The fraction of sp³-hybridized carbons (Fsp3) is 0.182. The predicted molar refractivity (Wildman–Crippen MR) is 123 cm³/mol. The van der Waals surface area contributed by atoms with Crippen molar-refractivity contribution in [1.29, 1.82) is 0 Å². The van der Waals surface area contributed by atoms with Gasteiger partial charge in [-0.25, -0.2) is 4.68 Å². The summed E-state index contributed by atoms with van der Waals surface area (Å²) in [6.07, 6.45) is 0.521. The number of nitrogens with one attached hydrogen (secondary N) is 1. The Balaban J connectivity index is 1.68. The number of amides is 1. The predicted octanol–water partition coefficient (Wildman–Crippen LogP) is 4.53. The molecular formula is C22H18ClN5O3S. The van der Waals surface area contributed by atoms with Crippen LogP contribution in [0.3, 0.4) is 0 Å². The molecule has 0 bridgehead atoms. The minimum absolute atomic E-state index is 0.307. The van der Waals surface area contributed by atoms with Gasteiger partial charge in [0.25, 0.3) is 5.91 Å². The Hall–Kier alpha value is -3.43. The first-order valence-corrected chi connectivity index (χ1v) is 10.9. The van der Waals surface area contributed by atoms with Crippen LogP contribution in [0, 0.1) is 6.92 Å². The first-order chi connectivity index (χ1) is 15.5. The lowest BCUT2D eigenvalue weighted by Crippen LogP contribution is -2.15. The van der Waals surface area contributed by atoms with E-state index >= 15 is 0 Å². The van der Waals surface area contributed by atoms with Crippen LogP contribution in [0.15, 0.2) is 36.4 Å². The summed E-state index contributed by atoms with van der Waals surface area (Å²) in [7, 11) is 3.19. The molecule has 0 unspecified atom stereocenters. The number of rotatable bonds is 5. The highest BCUT2D eigenvalue weighted by atomic mass is 35.5. The molecule has 1 aliphatic carbocycles. The maximum Gasteiger partial charge on any atom is 0.278 e. The van der Waals surface area contributed by atoms with Crippen molar-refractivity contribution < 1.29 is 14.3 Å². The molecule has 0 saturated carbocycles. The Labute approximate surface area is 192 Å². The van der Waals surface area contributed by atoms with Crippen molar-refractivity contribution in [3.63, 3.8) is 0 Å². The number of hydrogen-bond acceptors (Lipinski definition) is 7. The monoisotopic (exact) mass is 467 g/mol. The summed E-state index contributed by atoms with van der Waals surface area (Å²) in [5, 5.41) is 17.1. The molecule has 0 spiro atoms. The van der Waals surface area contributed by atoms with Crippen molar-refractivity contribution in [3.05, 3.63) is 63.2 Å². The van der Waals surface area contributed by atoms with E-state index in [4.69, 9.17) is 21.1 Å². The zero-order valence-corrected chi connectivity index (χ0v) is 19.0. The SMILES string of the molecule is COc1cc2c(cc1OC)-c1c(c(C(=O)Nc3nnc(C)s3)nn1-c1ccccc1Cl)C2. The van der Waals surface area contributed by atoms with E-state index in [1.54, 1.807) is 25.0 Å². The highest BCUT2D eigenvalue weighted by Crippen LogP contribution is 2.45. The molecule has 1 aliphatic rings. The summed E-state index contributed by atoms with van der Waals surface area (Å²) in [6.45, 7) is 1.83. The van der Waals surface area contributed by atoms with E-state index in [1.807, 2.05) is 37.3 Å². The fourth-order valence-electron chi connectivity index (χ4n) is 3.86. The molecule has 1 amide bonds. The molecule has 0 radical (unpaired) electrons. The van der Waals surface area contributed by atoms with Gasteiger partial charge >= 0.3 is 0 Å². The molecule has 2 heterocycles. The second kappa shape index (κ2) is 7.92. The second-order valence-corrected chi connectivity index (χ2v) is 8.75. The summed E-state index contributed by atoms with van der Waals surface area (Å²) < 4.78 is 12.7. The number of carbonyl (C=O) groups is 1. The van der Waals surface area contributed by atoms with Crippen LogP contribution in [-0.4, -0.2) is 40.1 Å². The quantitative estimate of drug-likeness (QED) is 0.408. The van der Waals surface area contributed by atoms with Crippen LogP contribution in [-0.2, 0) is 6.42 Å². The molecule has 2 aromatic heterocycles. The van der Waals surface area contributed by atoms with Gasteiger partial charge in [-0.05, 0) is 36.8 Å². The molecule has 4 aromatic rings. The first kappa shape index (κ1) is 20.5. The normalized spacial score (nSPS) is 11.8. The van der Waals surface area contributed by atoms with Gasteiger partial charge < -0.3 is 9.47 Å². The van der Waals surface area contributed by atoms with Crippen molar-refractivity contribution in [1.82, 2.24) is 20.0 Å². The Kier molecular flexibility index (Phi) is 5.07. The highest BCUT2D eigenvalue weighted by molar-refractivity contribution is 7.15. The van der Waals surface area contributed by atoms with Crippen molar-refractivity contribution in [2.75, 3.05) is 19.5 Å². The van der Waals surface area contributed by atoms with Gasteiger partial charge in [0, 0.05) is 17.5 Å². The molecule has 10 heteroatoms. The van der Waals surface area contributed by atoms with Gasteiger partial charge in [-0.2, -0.15) is 5.10 Å². The molecule has 8 nitrogen and oxygen atoms in total. The van der Waals surface area contributed by atoms with Crippen molar-refractivity contribution in [3.8, 4) is 28.4 Å². The fourth-order valence-corrected chi connectivity index (χ4v) is 4.66. The standard InChI is InChI=1S/C22H18ClN5O3S/c1-11-25-26-22(32-11)24-21(29)19-14-8-12-9-17(30-2)18(31-3)10-13(12)20(14)28(27-19)16-7-5-4-6-15(16)23/h4-7,9-10H,8H2,1-3H3,(H,24,26,29). The van der Waals surface area contributed by atoms with Crippen molar-refractivity contribution in [2.45, 2.75) is 13.3 Å². The number of methoxy groups -OCH3 is 2. The third kappa shape index (κ3) is 3.30.